The van der Waals surface area contributed by atoms with E-state index in [0.29, 0.717) is 12.7 Å². The van der Waals surface area contributed by atoms with Gasteiger partial charge in [-0.2, -0.15) is 13.2 Å². The van der Waals surface area contributed by atoms with E-state index in [1.165, 1.54) is 0 Å². The third kappa shape index (κ3) is 1.93. The normalized spacial score (nSPS) is 18.2. The van der Waals surface area contributed by atoms with Crippen LogP contribution < -0.4 is 0 Å². The number of halogens is 3. The highest BCUT2D eigenvalue weighted by Crippen LogP contribution is 2.29. The van der Waals surface area contributed by atoms with Crippen molar-refractivity contribution in [1.82, 2.24) is 0 Å². The van der Waals surface area contributed by atoms with Gasteiger partial charge in [-0.1, -0.05) is 6.08 Å². The molecule has 1 heterocycles. The molecule has 0 amide bonds. The Kier molecular flexibility index (Phi) is 2.30. The third-order valence-electron chi connectivity index (χ3n) is 1.43. The molecule has 1 aliphatic rings. The van der Waals surface area contributed by atoms with Crippen LogP contribution in [0.5, 0.6) is 0 Å². The minimum absolute atomic E-state index is 0.0372. The van der Waals surface area contributed by atoms with E-state index in [4.69, 9.17) is 0 Å². The largest absolute Gasteiger partial charge is 0.433 e. The van der Waals surface area contributed by atoms with Gasteiger partial charge in [0.1, 0.15) is 5.70 Å². The van der Waals surface area contributed by atoms with Gasteiger partial charge in [0.2, 0.25) is 0 Å². The first-order valence-electron chi connectivity index (χ1n) is 3.34. The van der Waals surface area contributed by atoms with Gasteiger partial charge in [-0.25, -0.2) is 4.99 Å². The topological polar surface area (TPSA) is 29.4 Å². The average molecular weight is 177 g/mol. The van der Waals surface area contributed by atoms with Crippen molar-refractivity contribution in [3.63, 3.8) is 0 Å². The Labute approximate surface area is 66.8 Å². The number of nitrogens with zero attached hydrogens (tertiary/aromatic N) is 1. The molecule has 0 saturated heterocycles. The second kappa shape index (κ2) is 3.08. The fourth-order valence-corrected chi connectivity index (χ4v) is 0.877. The van der Waals surface area contributed by atoms with Crippen LogP contribution in [0.15, 0.2) is 16.8 Å². The van der Waals surface area contributed by atoms with Crippen molar-refractivity contribution in [2.24, 2.45) is 4.99 Å². The number of alkyl halides is 3. The zero-order valence-corrected chi connectivity index (χ0v) is 6.06. The van der Waals surface area contributed by atoms with E-state index in [1.807, 2.05) is 0 Å². The molecule has 5 heteroatoms. The smallest absolute Gasteiger partial charge is 0.297 e. The van der Waals surface area contributed by atoms with Gasteiger partial charge in [0.05, 0.1) is 5.71 Å². The van der Waals surface area contributed by atoms with E-state index < -0.39 is 11.9 Å². The molecule has 0 unspecified atom stereocenters. The summed E-state index contributed by atoms with van der Waals surface area (Å²) in [6.07, 6.45) is -2.56. The number of hydrogen-bond donors (Lipinski definition) is 0. The summed E-state index contributed by atoms with van der Waals surface area (Å²) < 4.78 is 35.9. The van der Waals surface area contributed by atoms with Gasteiger partial charge in [-0.15, -0.1) is 0 Å². The van der Waals surface area contributed by atoms with Crippen LogP contribution in [0, 0.1) is 0 Å². The second-order valence-corrected chi connectivity index (χ2v) is 2.35. The van der Waals surface area contributed by atoms with Crippen LogP contribution in [0.25, 0.3) is 0 Å². The molecular weight excluding hydrogens is 171 g/mol. The zero-order chi connectivity index (χ0) is 9.19. The molecule has 0 radical (unpaired) electrons. The summed E-state index contributed by atoms with van der Waals surface area (Å²) >= 11 is 0. The summed E-state index contributed by atoms with van der Waals surface area (Å²) in [6.45, 7) is 0. The van der Waals surface area contributed by atoms with Gasteiger partial charge in [0.25, 0.3) is 0 Å². The third-order valence-corrected chi connectivity index (χ3v) is 1.43. The van der Waals surface area contributed by atoms with Crippen molar-refractivity contribution in [1.29, 1.82) is 0 Å². The molecule has 0 N–H and O–H groups in total. The first-order valence-corrected chi connectivity index (χ1v) is 3.34. The number of aliphatic imine (C=N–C) groups is 1. The number of carbonyl (C=O) groups is 1. The molecule has 0 fully saturated rings. The molecule has 2 nitrogen and oxygen atoms in total. The van der Waals surface area contributed by atoms with Crippen molar-refractivity contribution >= 4 is 12.0 Å². The lowest BCUT2D eigenvalue weighted by Crippen LogP contribution is -2.15. The van der Waals surface area contributed by atoms with E-state index in [1.54, 1.807) is 0 Å². The minimum Gasteiger partial charge on any atom is -0.297 e. The lowest BCUT2D eigenvalue weighted by Gasteiger charge is -2.11. The van der Waals surface area contributed by atoms with Crippen LogP contribution in [0.4, 0.5) is 13.2 Å². The highest BCUT2D eigenvalue weighted by molar-refractivity contribution is 6.28. The quantitative estimate of drug-likeness (QED) is 0.562. The van der Waals surface area contributed by atoms with Gasteiger partial charge in [0, 0.05) is 0 Å². The van der Waals surface area contributed by atoms with Gasteiger partial charge in [-0.3, -0.25) is 4.79 Å². The Morgan fingerprint density at radius 1 is 1.50 bits per heavy atom. The summed E-state index contributed by atoms with van der Waals surface area (Å²) in [6, 6.07) is 0. The number of rotatable bonds is 1. The highest BCUT2D eigenvalue weighted by Gasteiger charge is 2.34. The average Bonchev–Trinajstić information content (AvgIpc) is 2.03. The Morgan fingerprint density at radius 3 is 2.67 bits per heavy atom. The summed E-state index contributed by atoms with van der Waals surface area (Å²) in [7, 11) is 0. The fraction of sp³-hybridized carbons (Fsp3) is 0.429. The molecule has 1 rings (SSSR count). The lowest BCUT2D eigenvalue weighted by molar-refractivity contribution is -0.102. The second-order valence-electron chi connectivity index (χ2n) is 2.35. The fourth-order valence-electron chi connectivity index (χ4n) is 0.877. The number of hydrogen-bond acceptors (Lipinski definition) is 2. The Bertz CT molecular complexity index is 252. The summed E-state index contributed by atoms with van der Waals surface area (Å²) in [5.41, 5.74) is -0.999. The van der Waals surface area contributed by atoms with Crippen molar-refractivity contribution in [3.8, 4) is 0 Å². The summed E-state index contributed by atoms with van der Waals surface area (Å²) in [5.74, 6) is 0. The van der Waals surface area contributed by atoms with Crippen molar-refractivity contribution in [2.45, 2.75) is 19.0 Å². The summed E-state index contributed by atoms with van der Waals surface area (Å²) in [5, 5.41) is 0. The number of aldehydes is 1. The molecule has 0 aromatic heterocycles. The maximum atomic E-state index is 12.0. The molecule has 1 aliphatic heterocycles. The molecular formula is C7H6F3NO. The molecule has 0 aliphatic carbocycles. The monoisotopic (exact) mass is 177 g/mol. The highest BCUT2D eigenvalue weighted by atomic mass is 19.4. The molecule has 0 aromatic carbocycles. The van der Waals surface area contributed by atoms with Crippen molar-refractivity contribution in [2.75, 3.05) is 0 Å². The van der Waals surface area contributed by atoms with Crippen molar-refractivity contribution in [3.05, 3.63) is 11.8 Å². The molecule has 66 valence electrons. The molecule has 0 spiro atoms. The molecule has 0 aromatic rings. The summed E-state index contributed by atoms with van der Waals surface area (Å²) in [4.78, 5) is 13.3. The van der Waals surface area contributed by atoms with Gasteiger partial charge < -0.3 is 0 Å². The SMILES string of the molecule is O=CC1=NC(C(F)(F)F)=CCC1. The Hall–Kier alpha value is -1.13. The van der Waals surface area contributed by atoms with Gasteiger partial charge >= 0.3 is 6.18 Å². The molecule has 0 saturated carbocycles. The lowest BCUT2D eigenvalue weighted by atomic mass is 10.1. The maximum Gasteiger partial charge on any atom is 0.433 e. The van der Waals surface area contributed by atoms with Crippen LogP contribution >= 0.6 is 0 Å². The van der Waals surface area contributed by atoms with E-state index in [0.717, 1.165) is 6.08 Å². The number of allylic oxidation sites excluding steroid dienone is 2. The van der Waals surface area contributed by atoms with Crippen LogP contribution in [0.3, 0.4) is 0 Å². The Balaban J connectivity index is 2.87. The predicted octanol–water partition coefficient (Wildman–Crippen LogP) is 1.87. The van der Waals surface area contributed by atoms with E-state index in [9.17, 15) is 18.0 Å². The standard InChI is InChI=1S/C7H6F3NO/c8-7(9,10)6-3-1-2-5(4-12)11-6/h3-4H,1-2H2. The van der Waals surface area contributed by atoms with E-state index >= 15 is 0 Å². The number of carbonyl (C=O) groups excluding carboxylic acids is 1. The van der Waals surface area contributed by atoms with Crippen LogP contribution in [0.1, 0.15) is 12.8 Å². The molecule has 0 atom stereocenters. The molecule has 0 bridgehead atoms. The van der Waals surface area contributed by atoms with Crippen LogP contribution in [0.2, 0.25) is 0 Å². The maximum absolute atomic E-state index is 12.0. The van der Waals surface area contributed by atoms with Gasteiger partial charge in [0.15, 0.2) is 6.29 Å². The predicted molar refractivity (Wildman–Crippen MR) is 36.9 cm³/mol. The van der Waals surface area contributed by atoms with Crippen molar-refractivity contribution < 1.29 is 18.0 Å². The van der Waals surface area contributed by atoms with E-state index in [-0.39, 0.29) is 12.1 Å². The zero-order valence-electron chi connectivity index (χ0n) is 6.06. The minimum atomic E-state index is -4.44. The molecule has 12 heavy (non-hydrogen) atoms. The first-order chi connectivity index (χ1) is 5.54. The Morgan fingerprint density at radius 2 is 2.17 bits per heavy atom. The first kappa shape index (κ1) is 8.96. The van der Waals surface area contributed by atoms with Crippen LogP contribution in [-0.4, -0.2) is 18.2 Å². The van der Waals surface area contributed by atoms with Gasteiger partial charge in [-0.05, 0) is 12.8 Å². The van der Waals surface area contributed by atoms with E-state index in [2.05, 4.69) is 4.99 Å². The van der Waals surface area contributed by atoms with Crippen LogP contribution in [-0.2, 0) is 4.79 Å².